The van der Waals surface area contributed by atoms with Crippen molar-refractivity contribution < 1.29 is 19.4 Å². The fraction of sp³-hybridized carbons (Fsp3) is 0.529. The minimum absolute atomic E-state index is 0.127. The van der Waals surface area contributed by atoms with Gasteiger partial charge >= 0.3 is 11.9 Å². The number of benzene rings is 1. The molecular formula is C17H24O4. The van der Waals surface area contributed by atoms with Gasteiger partial charge in [-0.25, -0.2) is 0 Å². The molecule has 0 radical (unpaired) electrons. The Morgan fingerprint density at radius 1 is 1.14 bits per heavy atom. The van der Waals surface area contributed by atoms with E-state index in [1.165, 1.54) is 0 Å². The number of hydrogen-bond donors (Lipinski definition) is 1. The zero-order valence-electron chi connectivity index (χ0n) is 12.7. The third kappa shape index (κ3) is 7.49. The molecule has 0 heterocycles. The molecule has 0 amide bonds. The van der Waals surface area contributed by atoms with Crippen LogP contribution in [0.3, 0.4) is 0 Å². The van der Waals surface area contributed by atoms with Crippen LogP contribution in [0.2, 0.25) is 0 Å². The number of carbonyl (C=O) groups excluding carboxylic acids is 1. The van der Waals surface area contributed by atoms with Crippen molar-refractivity contribution in [2.24, 2.45) is 5.92 Å². The Kier molecular flexibility index (Phi) is 7.51. The zero-order valence-corrected chi connectivity index (χ0v) is 12.7. The van der Waals surface area contributed by atoms with Crippen LogP contribution in [-0.4, -0.2) is 23.7 Å². The SMILES string of the molecule is CC(C)CCCC(COC(=O)CC(=O)O)c1ccccc1. The van der Waals surface area contributed by atoms with Crippen LogP contribution < -0.4 is 0 Å². The Morgan fingerprint density at radius 2 is 1.81 bits per heavy atom. The number of rotatable bonds is 9. The summed E-state index contributed by atoms with van der Waals surface area (Å²) in [4.78, 5) is 21.8. The highest BCUT2D eigenvalue weighted by Gasteiger charge is 2.16. The molecule has 0 bridgehead atoms. The van der Waals surface area contributed by atoms with Crippen LogP contribution in [0.1, 0.15) is 51.0 Å². The van der Waals surface area contributed by atoms with Gasteiger partial charge in [0, 0.05) is 5.92 Å². The number of esters is 1. The molecule has 116 valence electrons. The van der Waals surface area contributed by atoms with Gasteiger partial charge in [0.05, 0.1) is 6.61 Å². The van der Waals surface area contributed by atoms with Crippen molar-refractivity contribution >= 4 is 11.9 Å². The van der Waals surface area contributed by atoms with Gasteiger partial charge < -0.3 is 9.84 Å². The van der Waals surface area contributed by atoms with E-state index >= 15 is 0 Å². The van der Waals surface area contributed by atoms with Gasteiger partial charge in [0.1, 0.15) is 6.42 Å². The second-order valence-electron chi connectivity index (χ2n) is 5.69. The zero-order chi connectivity index (χ0) is 15.7. The minimum Gasteiger partial charge on any atom is -0.481 e. The Balaban J connectivity index is 2.56. The lowest BCUT2D eigenvalue weighted by Crippen LogP contribution is -2.16. The van der Waals surface area contributed by atoms with Crippen molar-refractivity contribution in [3.05, 3.63) is 35.9 Å². The highest BCUT2D eigenvalue weighted by molar-refractivity contribution is 5.90. The smallest absolute Gasteiger partial charge is 0.317 e. The number of hydrogen-bond acceptors (Lipinski definition) is 3. The highest BCUT2D eigenvalue weighted by Crippen LogP contribution is 2.23. The molecule has 0 aliphatic heterocycles. The molecule has 1 rings (SSSR count). The molecule has 0 aliphatic carbocycles. The van der Waals surface area contributed by atoms with Gasteiger partial charge in [0.15, 0.2) is 0 Å². The first-order valence-corrected chi connectivity index (χ1v) is 7.41. The van der Waals surface area contributed by atoms with Crippen LogP contribution in [0, 0.1) is 5.92 Å². The number of aliphatic carboxylic acids is 1. The van der Waals surface area contributed by atoms with Gasteiger partial charge in [-0.15, -0.1) is 0 Å². The van der Waals surface area contributed by atoms with Gasteiger partial charge in [0.25, 0.3) is 0 Å². The fourth-order valence-electron chi connectivity index (χ4n) is 2.21. The van der Waals surface area contributed by atoms with Crippen LogP contribution in [0.5, 0.6) is 0 Å². The van der Waals surface area contributed by atoms with Gasteiger partial charge in [-0.05, 0) is 17.9 Å². The maximum atomic E-state index is 11.4. The monoisotopic (exact) mass is 292 g/mol. The van der Waals surface area contributed by atoms with Gasteiger partial charge in [0.2, 0.25) is 0 Å². The summed E-state index contributed by atoms with van der Waals surface area (Å²) in [7, 11) is 0. The van der Waals surface area contributed by atoms with E-state index in [1.807, 2.05) is 30.3 Å². The van der Waals surface area contributed by atoms with Gasteiger partial charge in [-0.3, -0.25) is 9.59 Å². The Morgan fingerprint density at radius 3 is 2.38 bits per heavy atom. The van der Waals surface area contributed by atoms with E-state index in [2.05, 4.69) is 13.8 Å². The predicted octanol–water partition coefficient (Wildman–Crippen LogP) is 3.61. The van der Waals surface area contributed by atoms with Gasteiger partial charge in [-0.1, -0.05) is 57.0 Å². The van der Waals surface area contributed by atoms with Gasteiger partial charge in [-0.2, -0.15) is 0 Å². The van der Waals surface area contributed by atoms with Crippen LogP contribution in [0.4, 0.5) is 0 Å². The molecule has 0 saturated heterocycles. The van der Waals surface area contributed by atoms with E-state index in [0.717, 1.165) is 24.8 Å². The molecule has 0 aromatic heterocycles. The van der Waals surface area contributed by atoms with Crippen LogP contribution in [-0.2, 0) is 14.3 Å². The molecule has 1 aromatic rings. The summed E-state index contributed by atoms with van der Waals surface area (Å²) >= 11 is 0. The predicted molar refractivity (Wildman–Crippen MR) is 81.1 cm³/mol. The van der Waals surface area contributed by atoms with Crippen molar-refractivity contribution in [3.8, 4) is 0 Å². The number of ether oxygens (including phenoxy) is 1. The van der Waals surface area contributed by atoms with E-state index in [0.29, 0.717) is 5.92 Å². The lowest BCUT2D eigenvalue weighted by atomic mass is 9.92. The molecular weight excluding hydrogens is 268 g/mol. The quantitative estimate of drug-likeness (QED) is 0.558. The summed E-state index contributed by atoms with van der Waals surface area (Å²) in [6.45, 7) is 4.61. The topological polar surface area (TPSA) is 63.6 Å². The Labute approximate surface area is 126 Å². The molecule has 1 aromatic carbocycles. The molecule has 4 nitrogen and oxygen atoms in total. The molecule has 1 unspecified atom stereocenters. The third-order valence-corrected chi connectivity index (χ3v) is 3.35. The highest BCUT2D eigenvalue weighted by atomic mass is 16.5. The number of carbonyl (C=O) groups is 2. The van der Waals surface area contributed by atoms with Crippen LogP contribution in [0.25, 0.3) is 0 Å². The lowest BCUT2D eigenvalue weighted by Gasteiger charge is -2.18. The van der Waals surface area contributed by atoms with E-state index in [4.69, 9.17) is 9.84 Å². The van der Waals surface area contributed by atoms with Crippen molar-refractivity contribution in [2.75, 3.05) is 6.61 Å². The first-order valence-electron chi connectivity index (χ1n) is 7.41. The maximum Gasteiger partial charge on any atom is 0.317 e. The average Bonchev–Trinajstić information content (AvgIpc) is 2.42. The van der Waals surface area contributed by atoms with Crippen molar-refractivity contribution in [1.29, 1.82) is 0 Å². The molecule has 21 heavy (non-hydrogen) atoms. The number of carboxylic acids is 1. The molecule has 0 spiro atoms. The van der Waals surface area contributed by atoms with E-state index in [-0.39, 0.29) is 12.5 Å². The van der Waals surface area contributed by atoms with E-state index in [9.17, 15) is 9.59 Å². The van der Waals surface area contributed by atoms with Crippen molar-refractivity contribution in [2.45, 2.75) is 45.4 Å². The summed E-state index contributed by atoms with van der Waals surface area (Å²) in [5.41, 5.74) is 1.13. The summed E-state index contributed by atoms with van der Waals surface area (Å²) in [5.74, 6) is -1.05. The summed E-state index contributed by atoms with van der Waals surface area (Å²) in [6.07, 6.45) is 2.55. The van der Waals surface area contributed by atoms with Crippen molar-refractivity contribution in [3.63, 3.8) is 0 Å². The summed E-state index contributed by atoms with van der Waals surface area (Å²) in [6, 6.07) is 9.91. The lowest BCUT2D eigenvalue weighted by molar-refractivity contribution is -0.151. The minimum atomic E-state index is -1.16. The molecule has 0 saturated carbocycles. The Hall–Kier alpha value is -1.84. The first kappa shape index (κ1) is 17.2. The summed E-state index contributed by atoms with van der Waals surface area (Å²) < 4.78 is 5.11. The average molecular weight is 292 g/mol. The van der Waals surface area contributed by atoms with Crippen LogP contribution in [0.15, 0.2) is 30.3 Å². The van der Waals surface area contributed by atoms with E-state index < -0.39 is 18.4 Å². The first-order chi connectivity index (χ1) is 9.99. The standard InChI is InChI=1S/C17H24O4/c1-13(2)7-6-10-15(14-8-4-3-5-9-14)12-21-17(20)11-16(18)19/h3-5,8-9,13,15H,6-7,10-12H2,1-2H3,(H,18,19). The van der Waals surface area contributed by atoms with Crippen LogP contribution >= 0.6 is 0 Å². The van der Waals surface area contributed by atoms with Crippen molar-refractivity contribution in [1.82, 2.24) is 0 Å². The Bertz CT molecular complexity index is 439. The molecule has 1 atom stereocenters. The molecule has 1 N–H and O–H groups in total. The summed E-state index contributed by atoms with van der Waals surface area (Å²) in [5, 5.41) is 8.57. The second-order valence-corrected chi connectivity index (χ2v) is 5.69. The second kappa shape index (κ2) is 9.16. The largest absolute Gasteiger partial charge is 0.481 e. The van der Waals surface area contributed by atoms with E-state index in [1.54, 1.807) is 0 Å². The normalized spacial score (nSPS) is 12.1. The molecule has 0 aliphatic rings. The molecule has 0 fully saturated rings. The number of carboxylic acid groups (broad SMARTS) is 1. The fourth-order valence-corrected chi connectivity index (χ4v) is 2.21. The third-order valence-electron chi connectivity index (χ3n) is 3.35. The maximum absolute atomic E-state index is 11.4. The molecule has 4 heteroatoms.